The van der Waals surface area contributed by atoms with Gasteiger partial charge in [-0.1, -0.05) is 80.1 Å². The molecule has 4 rings (SSSR count). The Kier molecular flexibility index (Phi) is 7.66. The van der Waals surface area contributed by atoms with Crippen LogP contribution in [0.5, 0.6) is 5.75 Å². The molecule has 3 aromatic carbocycles. The summed E-state index contributed by atoms with van der Waals surface area (Å²) < 4.78 is 7.37. The fraction of sp³-hybridized carbons (Fsp3) is 0.267. The van der Waals surface area contributed by atoms with Crippen LogP contribution < -0.4 is 10.1 Å². The smallest absolute Gasteiger partial charge is 0.270 e. The molecule has 0 saturated carbocycles. The molecule has 5 nitrogen and oxygen atoms in total. The first kappa shape index (κ1) is 24.3. The third kappa shape index (κ3) is 5.29. The van der Waals surface area contributed by atoms with Gasteiger partial charge in [0.1, 0.15) is 23.0 Å². The summed E-state index contributed by atoms with van der Waals surface area (Å²) >= 11 is 0. The summed E-state index contributed by atoms with van der Waals surface area (Å²) in [5.41, 5.74) is 5.46. The second-order valence-corrected chi connectivity index (χ2v) is 8.66. The quantitative estimate of drug-likeness (QED) is 0.298. The number of benzene rings is 3. The summed E-state index contributed by atoms with van der Waals surface area (Å²) in [7, 11) is 1.64. The third-order valence-electron chi connectivity index (χ3n) is 6.24. The van der Waals surface area contributed by atoms with Gasteiger partial charge >= 0.3 is 0 Å². The van der Waals surface area contributed by atoms with E-state index in [9.17, 15) is 4.79 Å². The molecule has 180 valence electrons. The van der Waals surface area contributed by atoms with Crippen LogP contribution in [0.2, 0.25) is 0 Å². The fourth-order valence-electron chi connectivity index (χ4n) is 4.38. The fourth-order valence-corrected chi connectivity index (χ4v) is 4.38. The van der Waals surface area contributed by atoms with Crippen molar-refractivity contribution in [3.63, 3.8) is 0 Å². The number of nitrogens with one attached hydrogen (secondary N) is 1. The largest absolute Gasteiger partial charge is 0.497 e. The van der Waals surface area contributed by atoms with E-state index >= 15 is 0 Å². The number of methoxy groups -OCH3 is 1. The third-order valence-corrected chi connectivity index (χ3v) is 6.24. The summed E-state index contributed by atoms with van der Waals surface area (Å²) in [6.45, 7) is 6.83. The summed E-state index contributed by atoms with van der Waals surface area (Å²) in [5, 5.41) is 3.19. The summed E-state index contributed by atoms with van der Waals surface area (Å²) in [6.07, 6.45) is 2.13. The van der Waals surface area contributed by atoms with Crippen molar-refractivity contribution in [1.82, 2.24) is 14.9 Å². The molecular formula is C30H33N3O2. The Morgan fingerprint density at radius 2 is 1.71 bits per heavy atom. The average molecular weight is 468 g/mol. The number of rotatable bonds is 9. The van der Waals surface area contributed by atoms with E-state index in [1.807, 2.05) is 73.0 Å². The SMILES string of the molecule is CCCc1ccc(-c2nc(-c3ccccc3)n(CC)c2C(=O)N[C@H](C)c2cccc(OC)c2)cc1. The molecule has 0 unspecified atom stereocenters. The van der Waals surface area contributed by atoms with Crippen molar-refractivity contribution in [3.8, 4) is 28.4 Å². The van der Waals surface area contributed by atoms with Crippen molar-refractivity contribution in [2.75, 3.05) is 7.11 Å². The number of carbonyl (C=O) groups excluding carboxylic acids is 1. The van der Waals surface area contributed by atoms with Crippen molar-refractivity contribution >= 4 is 5.91 Å². The number of aryl methyl sites for hydroxylation is 1. The van der Waals surface area contributed by atoms with E-state index < -0.39 is 0 Å². The Morgan fingerprint density at radius 3 is 2.37 bits per heavy atom. The molecule has 0 fully saturated rings. The van der Waals surface area contributed by atoms with E-state index in [2.05, 4.69) is 36.5 Å². The van der Waals surface area contributed by atoms with Crippen LogP contribution >= 0.6 is 0 Å². The van der Waals surface area contributed by atoms with E-state index in [1.165, 1.54) is 5.56 Å². The highest BCUT2D eigenvalue weighted by Gasteiger charge is 2.25. The van der Waals surface area contributed by atoms with Crippen molar-refractivity contribution in [2.24, 2.45) is 0 Å². The number of hydrogen-bond donors (Lipinski definition) is 1. The normalized spacial score (nSPS) is 11.8. The predicted molar refractivity (Wildman–Crippen MR) is 142 cm³/mol. The van der Waals surface area contributed by atoms with E-state index in [4.69, 9.17) is 9.72 Å². The molecule has 0 radical (unpaired) electrons. The molecule has 1 aromatic heterocycles. The number of amides is 1. The van der Waals surface area contributed by atoms with E-state index in [-0.39, 0.29) is 11.9 Å². The Morgan fingerprint density at radius 1 is 0.971 bits per heavy atom. The molecule has 5 heteroatoms. The Balaban J connectivity index is 1.77. The highest BCUT2D eigenvalue weighted by molar-refractivity contribution is 5.99. The van der Waals surface area contributed by atoms with Crippen LogP contribution in [0.15, 0.2) is 78.9 Å². The van der Waals surface area contributed by atoms with Gasteiger partial charge in [-0.05, 0) is 43.5 Å². The van der Waals surface area contributed by atoms with Gasteiger partial charge in [-0.3, -0.25) is 4.79 Å². The Bertz CT molecular complexity index is 1280. The van der Waals surface area contributed by atoms with Crippen LogP contribution in [0.25, 0.3) is 22.6 Å². The molecule has 1 N–H and O–H groups in total. The zero-order valence-corrected chi connectivity index (χ0v) is 20.9. The lowest BCUT2D eigenvalue weighted by atomic mass is 10.0. The topological polar surface area (TPSA) is 56.2 Å². The number of ether oxygens (including phenoxy) is 1. The van der Waals surface area contributed by atoms with Gasteiger partial charge in [0.15, 0.2) is 0 Å². The number of hydrogen-bond acceptors (Lipinski definition) is 3. The average Bonchev–Trinajstić information content (AvgIpc) is 3.29. The van der Waals surface area contributed by atoms with Crippen LogP contribution in [0.4, 0.5) is 0 Å². The zero-order chi connectivity index (χ0) is 24.8. The minimum atomic E-state index is -0.197. The standard InChI is InChI=1S/C30H33N3O2/c1-5-11-22-16-18-23(19-17-22)27-28(33(6-2)29(32-27)24-12-8-7-9-13-24)30(34)31-21(3)25-14-10-15-26(20-25)35-4/h7-10,12-21H,5-6,11H2,1-4H3,(H,31,34)/t21-/m1/s1. The molecule has 4 aromatic rings. The summed E-state index contributed by atoms with van der Waals surface area (Å²) in [5.74, 6) is 1.41. The van der Waals surface area contributed by atoms with Crippen LogP contribution in [-0.4, -0.2) is 22.6 Å². The van der Waals surface area contributed by atoms with E-state index in [0.717, 1.165) is 41.1 Å². The second kappa shape index (κ2) is 11.0. The molecule has 0 aliphatic heterocycles. The highest BCUT2D eigenvalue weighted by atomic mass is 16.5. The van der Waals surface area contributed by atoms with Gasteiger partial charge in [0.25, 0.3) is 5.91 Å². The van der Waals surface area contributed by atoms with Crippen molar-refractivity contribution < 1.29 is 9.53 Å². The van der Waals surface area contributed by atoms with Crippen molar-refractivity contribution in [1.29, 1.82) is 0 Å². The second-order valence-electron chi connectivity index (χ2n) is 8.66. The Labute approximate surface area is 207 Å². The Hall–Kier alpha value is -3.86. The van der Waals surface area contributed by atoms with Gasteiger partial charge in [-0.2, -0.15) is 0 Å². The van der Waals surface area contributed by atoms with E-state index in [0.29, 0.717) is 17.9 Å². The van der Waals surface area contributed by atoms with E-state index in [1.54, 1.807) is 7.11 Å². The van der Waals surface area contributed by atoms with Gasteiger partial charge in [-0.25, -0.2) is 4.98 Å². The minimum Gasteiger partial charge on any atom is -0.497 e. The molecule has 35 heavy (non-hydrogen) atoms. The molecular weight excluding hydrogens is 434 g/mol. The lowest BCUT2D eigenvalue weighted by molar-refractivity contribution is 0.0931. The van der Waals surface area contributed by atoms with Gasteiger partial charge in [0, 0.05) is 17.7 Å². The van der Waals surface area contributed by atoms with Gasteiger partial charge in [0.2, 0.25) is 0 Å². The van der Waals surface area contributed by atoms with Gasteiger partial charge in [0.05, 0.1) is 13.2 Å². The maximum absolute atomic E-state index is 13.8. The molecule has 0 aliphatic carbocycles. The monoisotopic (exact) mass is 467 g/mol. The first-order chi connectivity index (χ1) is 17.0. The number of nitrogens with zero attached hydrogens (tertiary/aromatic N) is 2. The first-order valence-corrected chi connectivity index (χ1v) is 12.3. The van der Waals surface area contributed by atoms with Crippen molar-refractivity contribution in [2.45, 2.75) is 46.2 Å². The number of imidazole rings is 1. The molecule has 0 bridgehead atoms. The maximum Gasteiger partial charge on any atom is 0.270 e. The molecule has 1 atom stereocenters. The van der Waals surface area contributed by atoms with Gasteiger partial charge < -0.3 is 14.6 Å². The molecule has 0 aliphatic rings. The van der Waals surface area contributed by atoms with Crippen LogP contribution in [0, 0.1) is 0 Å². The predicted octanol–water partition coefficient (Wildman–Crippen LogP) is 6.69. The molecule has 1 heterocycles. The number of aromatic nitrogens is 2. The van der Waals surface area contributed by atoms with Crippen molar-refractivity contribution in [3.05, 3.63) is 95.7 Å². The summed E-state index contributed by atoms with van der Waals surface area (Å²) in [6, 6.07) is 26.0. The van der Waals surface area contributed by atoms with Crippen LogP contribution in [-0.2, 0) is 13.0 Å². The number of carbonyl (C=O) groups is 1. The maximum atomic E-state index is 13.8. The zero-order valence-electron chi connectivity index (χ0n) is 20.9. The van der Waals surface area contributed by atoms with Crippen LogP contribution in [0.1, 0.15) is 54.8 Å². The van der Waals surface area contributed by atoms with Gasteiger partial charge in [-0.15, -0.1) is 0 Å². The highest BCUT2D eigenvalue weighted by Crippen LogP contribution is 2.31. The molecule has 1 amide bonds. The molecule has 0 saturated heterocycles. The summed E-state index contributed by atoms with van der Waals surface area (Å²) in [4.78, 5) is 18.8. The minimum absolute atomic E-state index is 0.149. The lowest BCUT2D eigenvalue weighted by Crippen LogP contribution is -2.29. The molecule has 0 spiro atoms. The lowest BCUT2D eigenvalue weighted by Gasteiger charge is -2.17. The van der Waals surface area contributed by atoms with Crippen LogP contribution in [0.3, 0.4) is 0 Å². The first-order valence-electron chi connectivity index (χ1n) is 12.3.